The molecule has 3 aliphatic rings. The molecule has 3 fully saturated rings. The molecule has 0 saturated carbocycles. The molecule has 0 bridgehead atoms. The average Bonchev–Trinajstić information content (AvgIpc) is 3.19. The van der Waals surface area contributed by atoms with Gasteiger partial charge in [-0.3, -0.25) is 14.5 Å². The van der Waals surface area contributed by atoms with Gasteiger partial charge in [0, 0.05) is 47.8 Å². The Hall–Kier alpha value is -4.49. The number of nitrogens with zero attached hydrogens (tertiary/aromatic N) is 4. The van der Waals surface area contributed by atoms with Gasteiger partial charge in [-0.2, -0.15) is 26.3 Å². The van der Waals surface area contributed by atoms with E-state index in [1.165, 1.54) is 55.0 Å². The highest BCUT2D eigenvalue weighted by Gasteiger charge is 2.43. The fraction of sp³-hybridized carbons (Fsp3) is 0.452. The molecule has 1 N–H and O–H groups in total. The second-order valence-corrected chi connectivity index (χ2v) is 14.9. The van der Waals surface area contributed by atoms with Crippen LogP contribution in [0.25, 0.3) is 22.2 Å². The summed E-state index contributed by atoms with van der Waals surface area (Å²) in [5.74, 6) is -1.33. The maximum absolute atomic E-state index is 14.7. The van der Waals surface area contributed by atoms with Gasteiger partial charge in [0.2, 0.25) is 0 Å². The van der Waals surface area contributed by atoms with Gasteiger partial charge in [-0.05, 0) is 107 Å². The van der Waals surface area contributed by atoms with Crippen molar-refractivity contribution in [3.63, 3.8) is 0 Å². The van der Waals surface area contributed by atoms with Crippen molar-refractivity contribution in [1.29, 1.82) is 0 Å². The Bertz CT molecular complexity index is 1980. The number of amides is 2. The summed E-state index contributed by atoms with van der Waals surface area (Å²) < 4.78 is 86.4. The maximum atomic E-state index is 14.7. The zero-order chi connectivity index (χ0) is 38.7. The predicted molar refractivity (Wildman–Crippen MR) is 198 cm³/mol. The van der Waals surface area contributed by atoms with Crippen LogP contribution in [0.1, 0.15) is 94.8 Å². The van der Waals surface area contributed by atoms with Crippen molar-refractivity contribution in [2.75, 3.05) is 39.3 Å². The minimum absolute atomic E-state index is 0.0519. The lowest BCUT2D eigenvalue weighted by molar-refractivity contribution is -0.155. The molecule has 0 radical (unpaired) electrons. The molecule has 1 unspecified atom stereocenters. The SMILES string of the molecule is O=C(NC(c1ccccc1)C(F)(F)F)c1c(CN2CCC(N3CCCCC3)CC2)c(-c2cccc(C(F)(F)F)c2)nc2ccc(C(=O)N3CCCCC3)cc12. The molecule has 3 aliphatic heterocycles. The lowest BCUT2D eigenvalue weighted by Crippen LogP contribution is -2.46. The smallest absolute Gasteiger partial charge is 0.339 e. The molecular weight excluding hydrogens is 720 g/mol. The van der Waals surface area contributed by atoms with Crippen LogP contribution in [0.3, 0.4) is 0 Å². The number of pyridine rings is 1. The quantitative estimate of drug-likeness (QED) is 0.182. The van der Waals surface area contributed by atoms with Gasteiger partial charge in [0.1, 0.15) is 0 Å². The number of aromatic nitrogens is 1. The Morgan fingerprint density at radius 2 is 1.44 bits per heavy atom. The van der Waals surface area contributed by atoms with Crippen molar-refractivity contribution in [1.82, 2.24) is 25.0 Å². The number of hydrogen-bond donors (Lipinski definition) is 1. The van der Waals surface area contributed by atoms with Crippen LogP contribution in [0.5, 0.6) is 0 Å². The van der Waals surface area contributed by atoms with E-state index in [-0.39, 0.29) is 56.9 Å². The fourth-order valence-corrected chi connectivity index (χ4v) is 8.36. The van der Waals surface area contributed by atoms with Gasteiger partial charge >= 0.3 is 12.4 Å². The molecule has 13 heteroatoms. The highest BCUT2D eigenvalue weighted by Crippen LogP contribution is 2.38. The normalized spacial score (nSPS) is 18.7. The Morgan fingerprint density at radius 1 is 0.764 bits per heavy atom. The third-order valence-electron chi connectivity index (χ3n) is 11.2. The van der Waals surface area contributed by atoms with E-state index in [4.69, 9.17) is 4.98 Å². The Labute approximate surface area is 316 Å². The molecule has 4 aromatic rings. The number of alkyl halides is 6. The summed E-state index contributed by atoms with van der Waals surface area (Å²) >= 11 is 0. The number of hydrogen-bond acceptors (Lipinski definition) is 5. The third-order valence-corrected chi connectivity index (χ3v) is 11.2. The number of piperidine rings is 3. The van der Waals surface area contributed by atoms with E-state index in [0.29, 0.717) is 32.2 Å². The Balaban J connectivity index is 1.38. The van der Waals surface area contributed by atoms with E-state index in [2.05, 4.69) is 15.1 Å². The Morgan fingerprint density at radius 3 is 2.09 bits per heavy atom. The lowest BCUT2D eigenvalue weighted by atomic mass is 9.92. The molecule has 0 aliphatic carbocycles. The van der Waals surface area contributed by atoms with Crippen molar-refractivity contribution in [3.05, 3.63) is 101 Å². The van der Waals surface area contributed by atoms with Crippen LogP contribution in [0, 0.1) is 0 Å². The highest BCUT2D eigenvalue weighted by atomic mass is 19.4. The first-order valence-corrected chi connectivity index (χ1v) is 19.2. The first kappa shape index (κ1) is 38.8. The first-order chi connectivity index (χ1) is 26.4. The van der Waals surface area contributed by atoms with Gasteiger partial charge < -0.3 is 15.1 Å². The van der Waals surface area contributed by atoms with Gasteiger partial charge in [-0.25, -0.2) is 4.98 Å². The predicted octanol–water partition coefficient (Wildman–Crippen LogP) is 9.03. The number of carbonyl (C=O) groups is 2. The maximum Gasteiger partial charge on any atom is 0.416 e. The van der Waals surface area contributed by atoms with Gasteiger partial charge in [0.25, 0.3) is 11.8 Å². The largest absolute Gasteiger partial charge is 0.416 e. The summed E-state index contributed by atoms with van der Waals surface area (Å²) in [7, 11) is 0. The number of likely N-dealkylation sites (tertiary alicyclic amines) is 3. The van der Waals surface area contributed by atoms with Crippen LogP contribution in [0.15, 0.2) is 72.8 Å². The van der Waals surface area contributed by atoms with Crippen LogP contribution in [0.2, 0.25) is 0 Å². The zero-order valence-corrected chi connectivity index (χ0v) is 30.6. The molecular formula is C42H45F6N5O2. The first-order valence-electron chi connectivity index (χ1n) is 19.2. The molecule has 0 spiro atoms. The van der Waals surface area contributed by atoms with Crippen molar-refractivity contribution >= 4 is 22.7 Å². The van der Waals surface area contributed by atoms with E-state index in [0.717, 1.165) is 70.2 Å². The number of fused-ring (bicyclic) bond motifs is 1. The van der Waals surface area contributed by atoms with E-state index in [1.807, 2.05) is 0 Å². The number of benzene rings is 3. The van der Waals surface area contributed by atoms with Gasteiger partial charge in [-0.15, -0.1) is 0 Å². The zero-order valence-electron chi connectivity index (χ0n) is 30.6. The standard InChI is InChI=1S/C42H45F6N5O2/c43-41(44,45)31-14-10-13-29(25-31)37-34(27-51-23-17-32(18-24-51)52-19-6-2-7-20-52)36(39(54)50-38(42(46,47)48)28-11-4-1-5-12-28)33-26-30(15-16-35(33)49-37)40(55)53-21-8-3-9-22-53/h1,4-5,10-16,25-26,32,38H,2-3,6-9,17-24,27H2,(H,50,54). The molecule has 3 saturated heterocycles. The molecule has 7 rings (SSSR count). The fourth-order valence-electron chi connectivity index (χ4n) is 8.36. The minimum Gasteiger partial charge on any atom is -0.339 e. The van der Waals surface area contributed by atoms with Crippen molar-refractivity contribution in [3.8, 4) is 11.3 Å². The number of carbonyl (C=O) groups excluding carboxylic acids is 2. The molecule has 3 aromatic carbocycles. The molecule has 1 aromatic heterocycles. The molecule has 4 heterocycles. The van der Waals surface area contributed by atoms with E-state index in [1.54, 1.807) is 17.0 Å². The van der Waals surface area contributed by atoms with Gasteiger partial charge in [0.05, 0.1) is 22.3 Å². The number of halogens is 6. The number of nitrogens with one attached hydrogen (secondary N) is 1. The molecule has 7 nitrogen and oxygen atoms in total. The summed E-state index contributed by atoms with van der Waals surface area (Å²) in [6, 6.07) is 14.2. The van der Waals surface area contributed by atoms with Crippen LogP contribution < -0.4 is 5.32 Å². The summed E-state index contributed by atoms with van der Waals surface area (Å²) in [5.41, 5.74) is -0.471. The van der Waals surface area contributed by atoms with E-state index < -0.39 is 29.9 Å². The highest BCUT2D eigenvalue weighted by molar-refractivity contribution is 6.11. The monoisotopic (exact) mass is 765 g/mol. The molecule has 2 amide bonds. The summed E-state index contributed by atoms with van der Waals surface area (Å²) in [5, 5.41) is 2.40. The minimum atomic E-state index is -4.88. The third kappa shape index (κ3) is 8.83. The summed E-state index contributed by atoms with van der Waals surface area (Å²) in [4.78, 5) is 39.6. The van der Waals surface area contributed by atoms with E-state index in [9.17, 15) is 35.9 Å². The molecule has 55 heavy (non-hydrogen) atoms. The van der Waals surface area contributed by atoms with Gasteiger partial charge in [-0.1, -0.05) is 48.9 Å². The van der Waals surface area contributed by atoms with Crippen LogP contribution in [-0.4, -0.2) is 83.0 Å². The summed E-state index contributed by atoms with van der Waals surface area (Å²) in [6.45, 7) is 4.46. The topological polar surface area (TPSA) is 68.8 Å². The van der Waals surface area contributed by atoms with Crippen LogP contribution in [-0.2, 0) is 12.7 Å². The van der Waals surface area contributed by atoms with Crippen LogP contribution >= 0.6 is 0 Å². The molecule has 292 valence electrons. The molecule has 1 atom stereocenters. The van der Waals surface area contributed by atoms with Crippen LogP contribution in [0.4, 0.5) is 26.3 Å². The average molecular weight is 766 g/mol. The van der Waals surface area contributed by atoms with Crippen molar-refractivity contribution < 1.29 is 35.9 Å². The Kier molecular flexibility index (Phi) is 11.5. The number of rotatable bonds is 8. The van der Waals surface area contributed by atoms with Crippen molar-refractivity contribution in [2.24, 2.45) is 0 Å². The lowest BCUT2D eigenvalue weighted by Gasteiger charge is -2.40. The van der Waals surface area contributed by atoms with Gasteiger partial charge in [0.15, 0.2) is 6.04 Å². The summed E-state index contributed by atoms with van der Waals surface area (Å²) in [6.07, 6.45) is -1.72. The second-order valence-electron chi connectivity index (χ2n) is 14.9. The van der Waals surface area contributed by atoms with E-state index >= 15 is 0 Å². The second kappa shape index (κ2) is 16.3. The van der Waals surface area contributed by atoms with Crippen molar-refractivity contribution in [2.45, 2.75) is 82.3 Å².